The van der Waals surface area contributed by atoms with Crippen LogP contribution in [0.3, 0.4) is 0 Å². The first kappa shape index (κ1) is 17.1. The zero-order valence-electron chi connectivity index (χ0n) is 14.2. The van der Waals surface area contributed by atoms with E-state index >= 15 is 0 Å². The van der Waals surface area contributed by atoms with Gasteiger partial charge in [-0.3, -0.25) is 9.89 Å². The molecule has 0 fully saturated rings. The third-order valence-electron chi connectivity index (χ3n) is 3.64. The lowest BCUT2D eigenvalue weighted by atomic mass is 10.1. The standard InChI is InChI=1S/C18H26N4O/c1-14(2)12-15-13-17(21-20-15)18(23)19-10-7-11-22(3)16-8-5-4-6-9-16/h4-6,8-9,13-14H,7,10-12H2,1-3H3,(H,19,23)(H,20,21). The van der Waals surface area contributed by atoms with Crippen LogP contribution in [0.4, 0.5) is 5.69 Å². The second-order valence-electron chi connectivity index (χ2n) is 6.24. The van der Waals surface area contributed by atoms with Crippen LogP contribution in [0.5, 0.6) is 0 Å². The molecule has 0 radical (unpaired) electrons. The fraction of sp³-hybridized carbons (Fsp3) is 0.444. The van der Waals surface area contributed by atoms with Crippen molar-refractivity contribution in [2.45, 2.75) is 26.7 Å². The number of nitrogens with zero attached hydrogens (tertiary/aromatic N) is 2. The molecule has 5 nitrogen and oxygen atoms in total. The fourth-order valence-electron chi connectivity index (χ4n) is 2.44. The fourth-order valence-corrected chi connectivity index (χ4v) is 2.44. The highest BCUT2D eigenvalue weighted by molar-refractivity contribution is 5.92. The summed E-state index contributed by atoms with van der Waals surface area (Å²) in [7, 11) is 2.06. The second-order valence-corrected chi connectivity index (χ2v) is 6.24. The van der Waals surface area contributed by atoms with Crippen molar-refractivity contribution < 1.29 is 4.79 Å². The van der Waals surface area contributed by atoms with Gasteiger partial charge in [-0.25, -0.2) is 0 Å². The molecule has 23 heavy (non-hydrogen) atoms. The van der Waals surface area contributed by atoms with Crippen molar-refractivity contribution >= 4 is 11.6 Å². The average molecular weight is 314 g/mol. The maximum Gasteiger partial charge on any atom is 0.271 e. The summed E-state index contributed by atoms with van der Waals surface area (Å²) in [6, 6.07) is 12.1. The molecule has 0 aliphatic carbocycles. The van der Waals surface area contributed by atoms with Crippen molar-refractivity contribution in [1.29, 1.82) is 0 Å². The molecule has 2 N–H and O–H groups in total. The summed E-state index contributed by atoms with van der Waals surface area (Å²) in [5, 5.41) is 9.94. The molecule has 1 heterocycles. The van der Waals surface area contributed by atoms with E-state index in [0.29, 0.717) is 18.2 Å². The predicted octanol–water partition coefficient (Wildman–Crippen LogP) is 2.86. The molecule has 0 saturated heterocycles. The van der Waals surface area contributed by atoms with Crippen molar-refractivity contribution in [2.75, 3.05) is 25.0 Å². The number of hydrogen-bond donors (Lipinski definition) is 2. The van der Waals surface area contributed by atoms with Gasteiger partial charge in [-0.05, 0) is 37.0 Å². The number of carbonyl (C=O) groups excluding carboxylic acids is 1. The maximum absolute atomic E-state index is 12.1. The number of anilines is 1. The molecule has 0 saturated carbocycles. The average Bonchev–Trinajstić information content (AvgIpc) is 2.99. The van der Waals surface area contributed by atoms with Crippen molar-refractivity contribution in [3.05, 3.63) is 47.8 Å². The molecule has 0 unspecified atom stereocenters. The van der Waals surface area contributed by atoms with Crippen LogP contribution in [0.1, 0.15) is 36.5 Å². The van der Waals surface area contributed by atoms with Crippen LogP contribution >= 0.6 is 0 Å². The molecule has 1 aromatic heterocycles. The van der Waals surface area contributed by atoms with Crippen LogP contribution in [-0.4, -0.2) is 36.2 Å². The third-order valence-corrected chi connectivity index (χ3v) is 3.64. The number of aromatic amines is 1. The molecule has 0 bridgehead atoms. The minimum Gasteiger partial charge on any atom is -0.375 e. The van der Waals surface area contributed by atoms with Crippen molar-refractivity contribution in [3.63, 3.8) is 0 Å². The van der Waals surface area contributed by atoms with Crippen LogP contribution in [0.15, 0.2) is 36.4 Å². The minimum atomic E-state index is -0.112. The van der Waals surface area contributed by atoms with Crippen LogP contribution in [0, 0.1) is 5.92 Å². The summed E-state index contributed by atoms with van der Waals surface area (Å²) >= 11 is 0. The summed E-state index contributed by atoms with van der Waals surface area (Å²) in [4.78, 5) is 14.2. The van der Waals surface area contributed by atoms with E-state index in [-0.39, 0.29) is 5.91 Å². The maximum atomic E-state index is 12.1. The smallest absolute Gasteiger partial charge is 0.271 e. The molecule has 0 atom stereocenters. The van der Waals surface area contributed by atoms with Gasteiger partial charge in [-0.2, -0.15) is 5.10 Å². The van der Waals surface area contributed by atoms with Gasteiger partial charge in [-0.1, -0.05) is 32.0 Å². The Morgan fingerprint density at radius 3 is 2.74 bits per heavy atom. The van der Waals surface area contributed by atoms with Crippen LogP contribution in [0.2, 0.25) is 0 Å². The highest BCUT2D eigenvalue weighted by Crippen LogP contribution is 2.11. The lowest BCUT2D eigenvalue weighted by molar-refractivity contribution is 0.0948. The quantitative estimate of drug-likeness (QED) is 0.737. The normalized spacial score (nSPS) is 10.8. The van der Waals surface area contributed by atoms with E-state index in [1.54, 1.807) is 0 Å². The summed E-state index contributed by atoms with van der Waals surface area (Å²) < 4.78 is 0. The van der Waals surface area contributed by atoms with Gasteiger partial charge in [0.2, 0.25) is 0 Å². The van der Waals surface area contributed by atoms with Crippen LogP contribution < -0.4 is 10.2 Å². The van der Waals surface area contributed by atoms with Crippen molar-refractivity contribution in [2.24, 2.45) is 5.92 Å². The Balaban J connectivity index is 1.71. The Kier molecular flexibility index (Phi) is 6.20. The Labute approximate surface area is 138 Å². The van der Waals surface area contributed by atoms with E-state index in [0.717, 1.165) is 25.1 Å². The van der Waals surface area contributed by atoms with E-state index in [1.165, 1.54) is 5.69 Å². The van der Waals surface area contributed by atoms with E-state index < -0.39 is 0 Å². The summed E-state index contributed by atoms with van der Waals surface area (Å²) in [6.07, 6.45) is 1.79. The molecule has 1 aromatic carbocycles. The minimum absolute atomic E-state index is 0.112. The molecule has 2 rings (SSSR count). The van der Waals surface area contributed by atoms with Gasteiger partial charge in [-0.15, -0.1) is 0 Å². The highest BCUT2D eigenvalue weighted by Gasteiger charge is 2.10. The number of H-pyrrole nitrogens is 1. The first-order valence-electron chi connectivity index (χ1n) is 8.15. The first-order chi connectivity index (χ1) is 11.1. The van der Waals surface area contributed by atoms with E-state index in [2.05, 4.69) is 53.4 Å². The molecule has 5 heteroatoms. The third kappa shape index (κ3) is 5.43. The zero-order chi connectivity index (χ0) is 16.7. The predicted molar refractivity (Wildman–Crippen MR) is 93.8 cm³/mol. The SMILES string of the molecule is CC(C)Cc1cc(C(=O)NCCCN(C)c2ccccc2)n[nH]1. The number of hydrogen-bond acceptors (Lipinski definition) is 3. The summed E-state index contributed by atoms with van der Waals surface area (Å²) in [6.45, 7) is 5.82. The number of nitrogens with one attached hydrogen (secondary N) is 2. The molecular formula is C18H26N4O. The number of amides is 1. The monoisotopic (exact) mass is 314 g/mol. The number of para-hydroxylation sites is 1. The van der Waals surface area contributed by atoms with Crippen molar-refractivity contribution in [3.8, 4) is 0 Å². The van der Waals surface area contributed by atoms with Gasteiger partial charge in [0.05, 0.1) is 0 Å². The van der Waals surface area contributed by atoms with E-state index in [9.17, 15) is 4.79 Å². The van der Waals surface area contributed by atoms with Gasteiger partial charge in [0.15, 0.2) is 0 Å². The zero-order valence-corrected chi connectivity index (χ0v) is 14.2. The number of rotatable bonds is 8. The highest BCUT2D eigenvalue weighted by atomic mass is 16.1. The lowest BCUT2D eigenvalue weighted by Gasteiger charge is -2.19. The molecule has 1 amide bonds. The van der Waals surface area contributed by atoms with Crippen LogP contribution in [0.25, 0.3) is 0 Å². The van der Waals surface area contributed by atoms with Gasteiger partial charge in [0, 0.05) is 31.5 Å². The summed E-state index contributed by atoms with van der Waals surface area (Å²) in [5.74, 6) is 0.429. The Bertz CT molecular complexity index is 606. The first-order valence-corrected chi connectivity index (χ1v) is 8.15. The van der Waals surface area contributed by atoms with Gasteiger partial charge < -0.3 is 10.2 Å². The molecule has 0 spiro atoms. The summed E-state index contributed by atoms with van der Waals surface area (Å²) in [5.41, 5.74) is 2.66. The van der Waals surface area contributed by atoms with E-state index in [1.807, 2.05) is 24.3 Å². The lowest BCUT2D eigenvalue weighted by Crippen LogP contribution is -2.28. The Morgan fingerprint density at radius 1 is 1.30 bits per heavy atom. The topological polar surface area (TPSA) is 61.0 Å². The molecule has 2 aromatic rings. The Morgan fingerprint density at radius 2 is 2.04 bits per heavy atom. The molecule has 124 valence electrons. The second kappa shape index (κ2) is 8.36. The molecule has 0 aliphatic rings. The largest absolute Gasteiger partial charge is 0.375 e. The van der Waals surface area contributed by atoms with Crippen molar-refractivity contribution in [1.82, 2.24) is 15.5 Å². The number of aromatic nitrogens is 2. The van der Waals surface area contributed by atoms with Crippen LogP contribution in [-0.2, 0) is 6.42 Å². The van der Waals surface area contributed by atoms with Gasteiger partial charge >= 0.3 is 0 Å². The van der Waals surface area contributed by atoms with E-state index in [4.69, 9.17) is 0 Å². The van der Waals surface area contributed by atoms with Gasteiger partial charge in [0.25, 0.3) is 5.91 Å². The Hall–Kier alpha value is -2.30. The number of carbonyl (C=O) groups is 1. The molecular weight excluding hydrogens is 288 g/mol. The number of benzene rings is 1. The van der Waals surface area contributed by atoms with Gasteiger partial charge in [0.1, 0.15) is 5.69 Å². The molecule has 0 aliphatic heterocycles.